The monoisotopic (exact) mass is 310 g/mol. The summed E-state index contributed by atoms with van der Waals surface area (Å²) in [4.78, 5) is 45.4. The highest BCUT2D eigenvalue weighted by molar-refractivity contribution is 7.11. The summed E-state index contributed by atoms with van der Waals surface area (Å²) in [7, 11) is 0. The Balaban J connectivity index is 2.20. The molecule has 0 saturated heterocycles. The van der Waals surface area contributed by atoms with Crippen molar-refractivity contribution in [1.29, 1.82) is 0 Å². The van der Waals surface area contributed by atoms with Crippen molar-refractivity contribution in [3.63, 3.8) is 0 Å². The smallest absolute Gasteiger partial charge is 0.340 e. The zero-order valence-corrected chi connectivity index (χ0v) is 11.6. The lowest BCUT2D eigenvalue weighted by atomic mass is 10.2. The maximum absolute atomic E-state index is 11.8. The Morgan fingerprint density at radius 1 is 1.43 bits per heavy atom. The Hall–Kier alpha value is -2.75. The van der Waals surface area contributed by atoms with Gasteiger partial charge in [-0.1, -0.05) is 0 Å². The first-order valence-corrected chi connectivity index (χ1v) is 6.45. The van der Waals surface area contributed by atoms with Crippen molar-refractivity contribution in [3.05, 3.63) is 44.1 Å². The summed E-state index contributed by atoms with van der Waals surface area (Å²) < 4.78 is 4.67. The maximum atomic E-state index is 11.8. The standard InChI is InChI=1S/C11H10N4O5S/c1-5-9(11(19)20)10(21-14-5)12-7(17)4-15-8(18)3-2-6(16)13-15/h2-3H,4H2,1H3,(H,12,17)(H,13,16)(H,19,20). The van der Waals surface area contributed by atoms with Gasteiger partial charge in [0, 0.05) is 12.1 Å². The molecule has 3 N–H and O–H groups in total. The van der Waals surface area contributed by atoms with E-state index in [1.807, 2.05) is 0 Å². The average molecular weight is 310 g/mol. The van der Waals surface area contributed by atoms with E-state index in [4.69, 9.17) is 5.11 Å². The third-order valence-corrected chi connectivity index (χ3v) is 3.37. The quantitative estimate of drug-likeness (QED) is 0.706. The topological polar surface area (TPSA) is 134 Å². The van der Waals surface area contributed by atoms with Gasteiger partial charge in [-0.2, -0.15) is 4.37 Å². The van der Waals surface area contributed by atoms with Gasteiger partial charge in [0.1, 0.15) is 17.1 Å². The molecule has 110 valence electrons. The Morgan fingerprint density at radius 3 is 2.81 bits per heavy atom. The van der Waals surface area contributed by atoms with E-state index < -0.39 is 29.5 Å². The van der Waals surface area contributed by atoms with Crippen molar-refractivity contribution in [2.24, 2.45) is 0 Å². The zero-order chi connectivity index (χ0) is 15.6. The second kappa shape index (κ2) is 5.71. The summed E-state index contributed by atoms with van der Waals surface area (Å²) in [6.45, 7) is 1.07. The van der Waals surface area contributed by atoms with E-state index >= 15 is 0 Å². The minimum atomic E-state index is -1.21. The lowest BCUT2D eigenvalue weighted by molar-refractivity contribution is -0.117. The molecule has 0 fully saturated rings. The number of anilines is 1. The molecule has 21 heavy (non-hydrogen) atoms. The Kier molecular flexibility index (Phi) is 3.98. The van der Waals surface area contributed by atoms with E-state index in [1.54, 1.807) is 0 Å². The molecule has 2 heterocycles. The van der Waals surface area contributed by atoms with Gasteiger partial charge < -0.3 is 10.4 Å². The predicted octanol–water partition coefficient (Wildman–Crippen LogP) is -0.362. The molecule has 1 amide bonds. The molecule has 0 atom stereocenters. The van der Waals surface area contributed by atoms with Gasteiger partial charge in [0.2, 0.25) is 5.91 Å². The summed E-state index contributed by atoms with van der Waals surface area (Å²) in [6, 6.07) is 2.08. The second-order valence-corrected chi connectivity index (χ2v) is 4.83. The van der Waals surface area contributed by atoms with Crippen molar-refractivity contribution in [2.75, 3.05) is 5.32 Å². The highest BCUT2D eigenvalue weighted by Crippen LogP contribution is 2.24. The van der Waals surface area contributed by atoms with Crippen LogP contribution in [0.1, 0.15) is 16.1 Å². The summed E-state index contributed by atoms with van der Waals surface area (Å²) in [6.07, 6.45) is 0. The number of nitrogens with one attached hydrogen (secondary N) is 2. The van der Waals surface area contributed by atoms with E-state index in [1.165, 1.54) is 6.92 Å². The molecular weight excluding hydrogens is 300 g/mol. The number of carboxylic acids is 1. The van der Waals surface area contributed by atoms with Crippen LogP contribution in [0.5, 0.6) is 0 Å². The summed E-state index contributed by atoms with van der Waals surface area (Å²) >= 11 is 0.829. The Bertz CT molecular complexity index is 819. The van der Waals surface area contributed by atoms with Crippen LogP contribution in [0.15, 0.2) is 21.7 Å². The highest BCUT2D eigenvalue weighted by atomic mass is 32.1. The van der Waals surface area contributed by atoms with Gasteiger partial charge in [-0.25, -0.2) is 9.48 Å². The first-order chi connectivity index (χ1) is 9.88. The van der Waals surface area contributed by atoms with Crippen LogP contribution in [-0.4, -0.2) is 31.1 Å². The minimum absolute atomic E-state index is 0.0799. The lowest BCUT2D eigenvalue weighted by Crippen LogP contribution is -2.32. The molecule has 2 aromatic rings. The largest absolute Gasteiger partial charge is 0.478 e. The van der Waals surface area contributed by atoms with Crippen LogP contribution >= 0.6 is 11.5 Å². The number of rotatable bonds is 4. The van der Waals surface area contributed by atoms with E-state index in [9.17, 15) is 19.2 Å². The molecule has 10 heteroatoms. The number of carbonyl (C=O) groups excluding carboxylic acids is 1. The summed E-state index contributed by atoms with van der Waals surface area (Å²) in [5.41, 5.74) is -0.888. The molecule has 0 radical (unpaired) electrons. The average Bonchev–Trinajstić information content (AvgIpc) is 2.75. The molecule has 0 aliphatic heterocycles. The number of carboxylic acid groups (broad SMARTS) is 1. The number of carbonyl (C=O) groups is 2. The Morgan fingerprint density at radius 2 is 2.14 bits per heavy atom. The van der Waals surface area contributed by atoms with E-state index in [2.05, 4.69) is 14.8 Å². The molecule has 0 saturated carbocycles. The number of aromatic carboxylic acids is 1. The van der Waals surface area contributed by atoms with E-state index in [-0.39, 0.29) is 16.3 Å². The van der Waals surface area contributed by atoms with Crippen molar-refractivity contribution in [2.45, 2.75) is 13.5 Å². The maximum Gasteiger partial charge on any atom is 0.340 e. The van der Waals surface area contributed by atoms with Crippen LogP contribution in [0.25, 0.3) is 0 Å². The lowest BCUT2D eigenvalue weighted by Gasteiger charge is -2.05. The fourth-order valence-electron chi connectivity index (χ4n) is 1.60. The second-order valence-electron chi connectivity index (χ2n) is 4.06. The van der Waals surface area contributed by atoms with Gasteiger partial charge in [0.05, 0.1) is 5.69 Å². The van der Waals surface area contributed by atoms with E-state index in [0.29, 0.717) is 0 Å². The fourth-order valence-corrected chi connectivity index (χ4v) is 2.40. The van der Waals surface area contributed by atoms with Crippen LogP contribution in [0.3, 0.4) is 0 Å². The fraction of sp³-hybridized carbons (Fsp3) is 0.182. The van der Waals surface area contributed by atoms with Crippen LogP contribution in [0, 0.1) is 6.92 Å². The first kappa shape index (κ1) is 14.7. The van der Waals surface area contributed by atoms with Gasteiger partial charge >= 0.3 is 5.97 Å². The molecular formula is C11H10N4O5S. The summed E-state index contributed by atoms with van der Waals surface area (Å²) in [5.74, 6) is -1.85. The number of hydrogen-bond acceptors (Lipinski definition) is 6. The molecule has 0 aromatic carbocycles. The van der Waals surface area contributed by atoms with Crippen LogP contribution in [0.2, 0.25) is 0 Å². The van der Waals surface area contributed by atoms with Crippen LogP contribution in [0.4, 0.5) is 5.00 Å². The molecule has 0 spiro atoms. The highest BCUT2D eigenvalue weighted by Gasteiger charge is 2.19. The van der Waals surface area contributed by atoms with Gasteiger partial charge in [-0.3, -0.25) is 19.5 Å². The molecule has 9 nitrogen and oxygen atoms in total. The third-order valence-electron chi connectivity index (χ3n) is 2.52. The van der Waals surface area contributed by atoms with Crippen molar-refractivity contribution >= 4 is 28.4 Å². The number of amides is 1. The third kappa shape index (κ3) is 3.23. The number of hydrogen-bond donors (Lipinski definition) is 3. The predicted molar refractivity (Wildman–Crippen MR) is 73.8 cm³/mol. The van der Waals surface area contributed by atoms with Gasteiger partial charge in [0.25, 0.3) is 11.1 Å². The Labute approximate surface area is 121 Å². The van der Waals surface area contributed by atoms with Crippen molar-refractivity contribution < 1.29 is 14.7 Å². The van der Waals surface area contributed by atoms with Gasteiger partial charge in [0.15, 0.2) is 0 Å². The number of aromatic amines is 1. The molecule has 0 aliphatic carbocycles. The van der Waals surface area contributed by atoms with Crippen LogP contribution < -0.4 is 16.4 Å². The zero-order valence-electron chi connectivity index (χ0n) is 10.7. The number of aromatic nitrogens is 3. The SMILES string of the molecule is Cc1nsc(NC(=O)Cn2[nH]c(=O)ccc2=O)c1C(=O)O. The number of nitrogens with zero attached hydrogens (tertiary/aromatic N) is 2. The molecule has 2 rings (SSSR count). The van der Waals surface area contributed by atoms with Crippen molar-refractivity contribution in [3.8, 4) is 0 Å². The van der Waals surface area contributed by atoms with E-state index in [0.717, 1.165) is 28.3 Å². The molecule has 0 bridgehead atoms. The van der Waals surface area contributed by atoms with Crippen LogP contribution in [-0.2, 0) is 11.3 Å². The van der Waals surface area contributed by atoms with Crippen molar-refractivity contribution in [1.82, 2.24) is 14.2 Å². The minimum Gasteiger partial charge on any atom is -0.478 e. The normalized spacial score (nSPS) is 10.3. The molecule has 0 unspecified atom stereocenters. The number of aryl methyl sites for hydroxylation is 1. The first-order valence-electron chi connectivity index (χ1n) is 5.68. The van der Waals surface area contributed by atoms with Gasteiger partial charge in [-0.15, -0.1) is 0 Å². The van der Waals surface area contributed by atoms with Gasteiger partial charge in [-0.05, 0) is 18.5 Å². The summed E-state index contributed by atoms with van der Waals surface area (Å²) in [5, 5.41) is 13.7. The number of H-pyrrole nitrogens is 1. The molecule has 0 aliphatic rings. The molecule has 2 aromatic heterocycles.